The highest BCUT2D eigenvalue weighted by Gasteiger charge is 2.25. The van der Waals surface area contributed by atoms with E-state index in [1.165, 1.54) is 6.07 Å². The molecular formula is C8H7N5O4. The summed E-state index contributed by atoms with van der Waals surface area (Å²) >= 11 is 0. The van der Waals surface area contributed by atoms with Gasteiger partial charge in [-0.3, -0.25) is 20.2 Å². The molecule has 0 atom stereocenters. The van der Waals surface area contributed by atoms with Crippen molar-refractivity contribution in [3.05, 3.63) is 32.0 Å². The summed E-state index contributed by atoms with van der Waals surface area (Å²) in [5.74, 6) is -0.153. The predicted octanol–water partition coefficient (Wildman–Crippen LogP) is 1.20. The van der Waals surface area contributed by atoms with Crippen molar-refractivity contribution >= 4 is 17.2 Å². The minimum absolute atomic E-state index is 0.153. The van der Waals surface area contributed by atoms with Crippen LogP contribution in [0.5, 0.6) is 0 Å². The molecule has 0 fully saturated rings. The number of pyridine rings is 1. The molecule has 0 aromatic carbocycles. The first-order chi connectivity index (χ1) is 8.01. The highest BCUT2D eigenvalue weighted by Crippen LogP contribution is 2.29. The van der Waals surface area contributed by atoms with E-state index in [2.05, 4.69) is 10.3 Å². The molecule has 0 aliphatic heterocycles. The maximum Gasteiger partial charge on any atom is 0.318 e. The zero-order chi connectivity index (χ0) is 13.0. The van der Waals surface area contributed by atoms with E-state index in [0.717, 1.165) is 6.07 Å². The smallest absolute Gasteiger partial charge is 0.318 e. The van der Waals surface area contributed by atoms with Crippen LogP contribution in [0.25, 0.3) is 0 Å². The fourth-order valence-electron chi connectivity index (χ4n) is 1.15. The fraction of sp³-hybridized carbons (Fsp3) is 0.250. The van der Waals surface area contributed by atoms with Gasteiger partial charge in [-0.1, -0.05) is 0 Å². The zero-order valence-corrected chi connectivity index (χ0v) is 8.71. The van der Waals surface area contributed by atoms with Gasteiger partial charge in [0, 0.05) is 6.54 Å². The first-order valence-corrected chi connectivity index (χ1v) is 4.49. The van der Waals surface area contributed by atoms with Crippen molar-refractivity contribution in [3.63, 3.8) is 0 Å². The summed E-state index contributed by atoms with van der Waals surface area (Å²) in [7, 11) is 0. The summed E-state index contributed by atoms with van der Waals surface area (Å²) in [5, 5.41) is 32.5. The molecular weight excluding hydrogens is 230 g/mol. The van der Waals surface area contributed by atoms with Gasteiger partial charge in [-0.2, -0.15) is 5.26 Å². The number of nitro groups is 2. The van der Waals surface area contributed by atoms with E-state index in [1.807, 2.05) is 0 Å². The van der Waals surface area contributed by atoms with Gasteiger partial charge in [0.05, 0.1) is 9.85 Å². The van der Waals surface area contributed by atoms with E-state index in [1.54, 1.807) is 6.92 Å². The second kappa shape index (κ2) is 4.84. The monoisotopic (exact) mass is 237 g/mol. The van der Waals surface area contributed by atoms with Gasteiger partial charge < -0.3 is 5.32 Å². The number of hydrogen-bond donors (Lipinski definition) is 1. The Morgan fingerprint density at radius 3 is 2.41 bits per heavy atom. The molecule has 1 aromatic heterocycles. The van der Waals surface area contributed by atoms with Gasteiger partial charge in [0.15, 0.2) is 0 Å². The summed E-state index contributed by atoms with van der Waals surface area (Å²) in [5.41, 5.74) is -1.67. The number of nitrogens with one attached hydrogen (secondary N) is 1. The van der Waals surface area contributed by atoms with Gasteiger partial charge in [0.1, 0.15) is 12.1 Å². The van der Waals surface area contributed by atoms with Gasteiger partial charge in [-0.05, 0) is 6.92 Å². The fourth-order valence-corrected chi connectivity index (χ4v) is 1.15. The lowest BCUT2D eigenvalue weighted by atomic mass is 10.2. The van der Waals surface area contributed by atoms with Gasteiger partial charge >= 0.3 is 11.4 Å². The molecule has 9 nitrogen and oxygen atoms in total. The van der Waals surface area contributed by atoms with E-state index in [9.17, 15) is 20.2 Å². The molecule has 1 aromatic rings. The molecule has 0 aliphatic carbocycles. The van der Waals surface area contributed by atoms with Crippen molar-refractivity contribution in [1.82, 2.24) is 4.98 Å². The number of anilines is 1. The maximum absolute atomic E-state index is 10.7. The average Bonchev–Trinajstić information content (AvgIpc) is 2.28. The third-order valence-corrected chi connectivity index (χ3v) is 1.83. The molecule has 88 valence electrons. The number of aromatic nitrogens is 1. The van der Waals surface area contributed by atoms with Crippen molar-refractivity contribution in [1.29, 1.82) is 5.26 Å². The minimum Gasteiger partial charge on any atom is -0.365 e. The highest BCUT2D eigenvalue weighted by atomic mass is 16.6. The Kier molecular flexibility index (Phi) is 3.51. The van der Waals surface area contributed by atoms with E-state index < -0.39 is 26.9 Å². The standard InChI is InChI=1S/C8H7N5O4/c1-2-10-8-7(13(16)17)3-6(12(14)15)5(4-9)11-8/h3H,2H2,1H3,(H,10,11). The van der Waals surface area contributed by atoms with E-state index >= 15 is 0 Å². The van der Waals surface area contributed by atoms with Gasteiger partial charge in [-0.25, -0.2) is 4.98 Å². The molecule has 0 amide bonds. The van der Waals surface area contributed by atoms with Crippen LogP contribution < -0.4 is 5.32 Å². The van der Waals surface area contributed by atoms with Crippen LogP contribution in [0.2, 0.25) is 0 Å². The topological polar surface area (TPSA) is 135 Å². The van der Waals surface area contributed by atoms with Crippen LogP contribution in [0, 0.1) is 31.6 Å². The molecule has 17 heavy (non-hydrogen) atoms. The molecule has 0 radical (unpaired) electrons. The van der Waals surface area contributed by atoms with E-state index in [4.69, 9.17) is 5.26 Å². The van der Waals surface area contributed by atoms with Crippen molar-refractivity contribution in [2.75, 3.05) is 11.9 Å². The Hall–Kier alpha value is -2.76. The lowest BCUT2D eigenvalue weighted by Gasteiger charge is -2.03. The third kappa shape index (κ3) is 2.43. The Morgan fingerprint density at radius 2 is 2.00 bits per heavy atom. The molecule has 0 bridgehead atoms. The largest absolute Gasteiger partial charge is 0.365 e. The highest BCUT2D eigenvalue weighted by molar-refractivity contribution is 5.63. The average molecular weight is 237 g/mol. The maximum atomic E-state index is 10.7. The molecule has 0 aliphatic rings. The van der Waals surface area contributed by atoms with E-state index in [0.29, 0.717) is 6.54 Å². The molecule has 1 heterocycles. The summed E-state index contributed by atoms with van der Waals surface area (Å²) in [6.45, 7) is 2.02. The summed E-state index contributed by atoms with van der Waals surface area (Å²) in [6.07, 6.45) is 0. The van der Waals surface area contributed by atoms with Crippen molar-refractivity contribution in [2.45, 2.75) is 6.92 Å². The summed E-state index contributed by atoms with van der Waals surface area (Å²) in [6, 6.07) is 2.25. The normalized spacial score (nSPS) is 9.41. The van der Waals surface area contributed by atoms with Crippen molar-refractivity contribution < 1.29 is 9.85 Å². The van der Waals surface area contributed by atoms with Crippen LogP contribution >= 0.6 is 0 Å². The van der Waals surface area contributed by atoms with Crippen LogP contribution in [0.1, 0.15) is 12.6 Å². The zero-order valence-electron chi connectivity index (χ0n) is 8.71. The Balaban J connectivity index is 3.49. The number of hydrogen-bond acceptors (Lipinski definition) is 7. The second-order valence-corrected chi connectivity index (χ2v) is 2.88. The summed E-state index contributed by atoms with van der Waals surface area (Å²) < 4.78 is 0. The lowest BCUT2D eigenvalue weighted by Crippen LogP contribution is -2.06. The molecule has 1 N–H and O–H groups in total. The SMILES string of the molecule is CCNc1nc(C#N)c([N+](=O)[O-])cc1[N+](=O)[O-]. The van der Waals surface area contributed by atoms with Crippen LogP contribution in [0.15, 0.2) is 6.07 Å². The van der Waals surface area contributed by atoms with Crippen LogP contribution in [0.3, 0.4) is 0 Å². The quantitative estimate of drug-likeness (QED) is 0.613. The third-order valence-electron chi connectivity index (χ3n) is 1.83. The Morgan fingerprint density at radius 1 is 1.41 bits per heavy atom. The number of nitriles is 1. The number of nitrogens with zero attached hydrogens (tertiary/aromatic N) is 4. The minimum atomic E-state index is -0.881. The first kappa shape index (κ1) is 12.3. The van der Waals surface area contributed by atoms with Crippen molar-refractivity contribution in [3.8, 4) is 6.07 Å². The first-order valence-electron chi connectivity index (χ1n) is 4.49. The molecule has 9 heteroatoms. The summed E-state index contributed by atoms with van der Waals surface area (Å²) in [4.78, 5) is 23.2. The van der Waals surface area contributed by atoms with Gasteiger partial charge in [0.25, 0.3) is 0 Å². The lowest BCUT2D eigenvalue weighted by molar-refractivity contribution is -0.394. The van der Waals surface area contributed by atoms with Crippen molar-refractivity contribution in [2.24, 2.45) is 0 Å². The second-order valence-electron chi connectivity index (χ2n) is 2.88. The van der Waals surface area contributed by atoms with Gasteiger partial charge in [0.2, 0.25) is 11.5 Å². The molecule has 0 spiro atoms. The van der Waals surface area contributed by atoms with Crippen LogP contribution in [-0.4, -0.2) is 21.4 Å². The van der Waals surface area contributed by atoms with Gasteiger partial charge in [-0.15, -0.1) is 0 Å². The molecule has 0 saturated carbocycles. The molecule has 0 unspecified atom stereocenters. The molecule has 0 saturated heterocycles. The molecule has 1 rings (SSSR count). The predicted molar refractivity (Wildman–Crippen MR) is 56.4 cm³/mol. The Bertz CT molecular complexity index is 521. The van der Waals surface area contributed by atoms with E-state index in [-0.39, 0.29) is 5.82 Å². The number of rotatable bonds is 4. The Labute approximate surface area is 95.0 Å². The van der Waals surface area contributed by atoms with Crippen LogP contribution in [-0.2, 0) is 0 Å². The van der Waals surface area contributed by atoms with Crippen LogP contribution in [0.4, 0.5) is 17.2 Å².